The summed E-state index contributed by atoms with van der Waals surface area (Å²) in [6.45, 7) is 19.5. The minimum Gasteiger partial charge on any atom is -0.460 e. The monoisotopic (exact) mass is 1340 g/mol. The van der Waals surface area contributed by atoms with Crippen LogP contribution in [-0.4, -0.2) is 283 Å². The number of carbonyl (C=O) groups is 1. The SMILES string of the molecule is C.C.C.C.C.C.C.C.C=CC(=O)OCCOC.COCCO.COCCOCCOCCOCCOCCOCCCl.COCCOCCOCCOCCOCCOCCn1ccnc1.Cc1ccc(OS(=O)OCCO)cc1.OCCO.c1c[nH]cn1. The number of hydrogen-bond donors (Lipinski definition) is 5. The summed E-state index contributed by atoms with van der Waals surface area (Å²) in [4.78, 5) is 20.7. The Morgan fingerprint density at radius 1 is 0.517 bits per heavy atom. The Balaban J connectivity index is -0.0000000827. The molecule has 0 fully saturated rings. The first kappa shape index (κ1) is 113. The van der Waals surface area contributed by atoms with Gasteiger partial charge in [-0.1, -0.05) is 83.7 Å². The van der Waals surface area contributed by atoms with Crippen LogP contribution >= 0.6 is 11.6 Å². The Morgan fingerprint density at radius 2 is 0.888 bits per heavy atom. The number of aliphatic hydroxyl groups is 4. The summed E-state index contributed by atoms with van der Waals surface area (Å²) in [5, 5.41) is 31.6. The van der Waals surface area contributed by atoms with E-state index in [1.165, 1.54) is 0 Å². The lowest BCUT2D eigenvalue weighted by molar-refractivity contribution is -0.138. The van der Waals surface area contributed by atoms with Crippen LogP contribution in [0.1, 0.15) is 65.0 Å². The Kier molecular flexibility index (Phi) is 134. The number of H-pyrrole nitrogens is 1. The number of aromatic amines is 1. The highest BCUT2D eigenvalue weighted by atomic mass is 35.5. The van der Waals surface area contributed by atoms with E-state index in [0.717, 1.165) is 18.2 Å². The van der Waals surface area contributed by atoms with Crippen LogP contribution in [0.4, 0.5) is 0 Å². The molecule has 27 nitrogen and oxygen atoms in total. The van der Waals surface area contributed by atoms with Gasteiger partial charge in [0.1, 0.15) is 12.4 Å². The van der Waals surface area contributed by atoms with E-state index in [2.05, 4.69) is 39.9 Å². The summed E-state index contributed by atoms with van der Waals surface area (Å²) in [5.74, 6) is 0.583. The van der Waals surface area contributed by atoms with Crippen molar-refractivity contribution in [2.45, 2.75) is 72.9 Å². The molecule has 0 aliphatic heterocycles. The van der Waals surface area contributed by atoms with Crippen molar-refractivity contribution in [3.8, 4) is 5.75 Å². The normalized spacial score (nSPS) is 9.60. The molecule has 5 N–H and O–H groups in total. The second-order valence-corrected chi connectivity index (χ2v) is 15.7. The van der Waals surface area contributed by atoms with Crippen LogP contribution in [-0.2, 0) is 97.9 Å². The van der Waals surface area contributed by atoms with Crippen molar-refractivity contribution < 1.29 is 109 Å². The molecule has 540 valence electrons. The molecular weight excluding hydrogens is 1210 g/mol. The first-order valence-corrected chi connectivity index (χ1v) is 27.4. The van der Waals surface area contributed by atoms with E-state index >= 15 is 0 Å². The smallest absolute Gasteiger partial charge is 0.360 e. The Labute approximate surface area is 546 Å². The fourth-order valence-corrected chi connectivity index (χ4v) is 4.92. The largest absolute Gasteiger partial charge is 0.460 e. The summed E-state index contributed by atoms with van der Waals surface area (Å²) in [6, 6.07) is 7.10. The predicted molar refractivity (Wildman–Crippen MR) is 356 cm³/mol. The lowest BCUT2D eigenvalue weighted by atomic mass is 10.2. The number of rotatable bonds is 47. The van der Waals surface area contributed by atoms with E-state index in [-0.39, 0.29) is 92.4 Å². The molecule has 1 unspecified atom stereocenters. The van der Waals surface area contributed by atoms with Crippen LogP contribution in [0.25, 0.3) is 0 Å². The number of halogens is 1. The molecule has 0 aliphatic carbocycles. The van der Waals surface area contributed by atoms with Gasteiger partial charge in [-0.05, 0) is 19.1 Å². The number of benzene rings is 1. The van der Waals surface area contributed by atoms with Crippen LogP contribution in [0, 0.1) is 6.92 Å². The van der Waals surface area contributed by atoms with Gasteiger partial charge in [-0.15, -0.1) is 11.6 Å². The summed E-state index contributed by atoms with van der Waals surface area (Å²) in [6.07, 6.45) is 11.6. The zero-order valence-corrected chi connectivity index (χ0v) is 49.9. The average Bonchev–Trinajstić information content (AvgIpc) is 4.44. The number of alkyl halides is 1. The molecular formula is C60H129ClN4O23S. The van der Waals surface area contributed by atoms with E-state index in [1.807, 2.05) is 29.8 Å². The van der Waals surface area contributed by atoms with Gasteiger partial charge in [-0.2, -0.15) is 4.21 Å². The number of aromatic nitrogens is 4. The lowest BCUT2D eigenvalue weighted by Crippen LogP contribution is -2.14. The average molecular weight is 1340 g/mol. The number of esters is 1. The zero-order valence-electron chi connectivity index (χ0n) is 48.4. The molecule has 1 atom stereocenters. The number of imidazole rings is 2. The second kappa shape index (κ2) is 106. The Morgan fingerprint density at radius 3 is 1.17 bits per heavy atom. The summed E-state index contributed by atoms with van der Waals surface area (Å²) in [5.41, 5.74) is 1.10. The van der Waals surface area contributed by atoms with E-state index in [4.69, 9.17) is 93.1 Å². The molecule has 0 amide bonds. The second-order valence-electron chi connectivity index (χ2n) is 14.5. The van der Waals surface area contributed by atoms with Gasteiger partial charge in [0.15, 0.2) is 0 Å². The molecule has 0 saturated heterocycles. The molecule has 3 aromatic rings. The number of carbonyl (C=O) groups excluding carboxylic acids is 1. The maximum Gasteiger partial charge on any atom is 0.360 e. The highest BCUT2D eigenvalue weighted by molar-refractivity contribution is 7.75. The first-order valence-electron chi connectivity index (χ1n) is 25.9. The van der Waals surface area contributed by atoms with Crippen molar-refractivity contribution in [1.82, 2.24) is 19.5 Å². The highest BCUT2D eigenvalue weighted by Gasteiger charge is 2.03. The fourth-order valence-electron chi connectivity index (χ4n) is 4.28. The number of ether oxygens (including phenoxy) is 15. The molecule has 0 bridgehead atoms. The molecule has 2 heterocycles. The van der Waals surface area contributed by atoms with Gasteiger partial charge in [0.05, 0.1) is 204 Å². The Bertz CT molecular complexity index is 1550. The van der Waals surface area contributed by atoms with Gasteiger partial charge in [-0.3, -0.25) is 4.18 Å². The topological polar surface area (TPSA) is 318 Å². The molecule has 0 saturated carbocycles. The van der Waals surface area contributed by atoms with Gasteiger partial charge in [-0.25, -0.2) is 14.8 Å². The quantitative estimate of drug-likeness (QED) is 0.0165. The van der Waals surface area contributed by atoms with Crippen LogP contribution in [0.15, 0.2) is 74.4 Å². The molecule has 0 spiro atoms. The predicted octanol–water partition coefficient (Wildman–Crippen LogP) is 6.99. The Hall–Kier alpha value is -3.67. The van der Waals surface area contributed by atoms with Crippen LogP contribution in [0.5, 0.6) is 5.75 Å². The number of aliphatic hydroxyl groups excluding tert-OH is 4. The third-order valence-electron chi connectivity index (χ3n) is 8.07. The number of nitrogens with one attached hydrogen (secondary N) is 1. The van der Waals surface area contributed by atoms with Crippen molar-refractivity contribution in [3.63, 3.8) is 0 Å². The van der Waals surface area contributed by atoms with E-state index < -0.39 is 17.3 Å². The molecule has 3 rings (SSSR count). The minimum atomic E-state index is -1.84. The van der Waals surface area contributed by atoms with E-state index in [9.17, 15) is 9.00 Å². The first-order chi connectivity index (χ1) is 39.7. The van der Waals surface area contributed by atoms with Gasteiger partial charge in [0.2, 0.25) is 0 Å². The minimum absolute atomic E-state index is 0. The van der Waals surface area contributed by atoms with Crippen molar-refractivity contribution >= 4 is 28.9 Å². The zero-order chi connectivity index (χ0) is 60.4. The summed E-state index contributed by atoms with van der Waals surface area (Å²) < 4.78 is 99.1. The molecule has 0 aliphatic rings. The molecule has 29 heteroatoms. The third kappa shape index (κ3) is 109. The van der Waals surface area contributed by atoms with Crippen molar-refractivity contribution in [2.75, 3.05) is 233 Å². The highest BCUT2D eigenvalue weighted by Crippen LogP contribution is 2.12. The van der Waals surface area contributed by atoms with Gasteiger partial charge in [0, 0.05) is 71.7 Å². The standard InChI is InChI=1S/C16H30N2O6.C13H27ClO6.C9H12O4S.C6H10O3.C3H4N2.C3H8O2.C2H6O2.8CH4/c1-19-6-7-21-10-11-23-14-15-24-13-12-22-9-8-20-5-4-18-3-2-17-16-18;1-15-4-5-17-8-9-19-12-13-20-11-10-18-7-6-16-3-2-14;1-8-2-4-9(5-3-8)13-14(11)12-7-6-10;1-3-6(7)9-5-4-8-2;1-2-5-3-4-1;1-5-3-2-4;3-1-2-4;;;;;;;;/h2-3,16H,4-15H2,1H3;2-13H2,1H3;2-5,10H,6-7H2,1H3;3H,1,4-5H2,2H3;1-3H,(H,4,5);4H,2-3H2,1H3;3-4H,1-2H2;8*1H4. The molecule has 1 aromatic carbocycles. The summed E-state index contributed by atoms with van der Waals surface area (Å²) >= 11 is 3.62. The lowest BCUT2D eigenvalue weighted by Gasteiger charge is -2.08. The van der Waals surface area contributed by atoms with Crippen LogP contribution in [0.2, 0.25) is 0 Å². The third-order valence-corrected chi connectivity index (χ3v) is 8.91. The number of nitrogens with zero attached hydrogens (tertiary/aromatic N) is 3. The van der Waals surface area contributed by atoms with Crippen LogP contribution < -0.4 is 4.18 Å². The van der Waals surface area contributed by atoms with E-state index in [0.29, 0.717) is 177 Å². The summed E-state index contributed by atoms with van der Waals surface area (Å²) in [7, 11) is 6.39. The van der Waals surface area contributed by atoms with Gasteiger partial charge >= 0.3 is 17.3 Å². The molecule has 89 heavy (non-hydrogen) atoms. The van der Waals surface area contributed by atoms with Crippen molar-refractivity contribution in [3.05, 3.63) is 79.9 Å². The van der Waals surface area contributed by atoms with Gasteiger partial charge < -0.3 is 105 Å². The maximum atomic E-state index is 11.0. The van der Waals surface area contributed by atoms with E-state index in [1.54, 1.807) is 71.8 Å². The van der Waals surface area contributed by atoms with Gasteiger partial charge in [0.25, 0.3) is 0 Å². The number of hydrogen-bond acceptors (Lipinski definition) is 25. The van der Waals surface area contributed by atoms with Crippen molar-refractivity contribution in [1.29, 1.82) is 0 Å². The number of aryl methyl sites for hydroxylation is 1. The molecule has 0 radical (unpaired) electrons. The maximum absolute atomic E-state index is 11.0. The van der Waals surface area contributed by atoms with Crippen LogP contribution in [0.3, 0.4) is 0 Å². The fraction of sp³-hybridized carbons (Fsp3) is 0.750. The number of methoxy groups -OCH3 is 4. The molecule has 2 aromatic heterocycles. The van der Waals surface area contributed by atoms with Crippen molar-refractivity contribution in [2.24, 2.45) is 0 Å².